The lowest BCUT2D eigenvalue weighted by atomic mass is 10.1. The van der Waals surface area contributed by atoms with Crippen molar-refractivity contribution in [3.05, 3.63) is 28.2 Å². The molecule has 3 nitrogen and oxygen atoms in total. The molecule has 0 amide bonds. The van der Waals surface area contributed by atoms with E-state index in [4.69, 9.17) is 5.11 Å². The Morgan fingerprint density at radius 2 is 2.10 bits per heavy atom. The Morgan fingerprint density at radius 3 is 2.70 bits per heavy atom. The standard InChI is InChI=1S/C16H27BrN2O/c1-4-19(8-5-9-20)16-10-15(17)7-6-14(16)12-18-11-13(2)3/h6-7,10,13,18,20H,4-5,8-9,11-12H2,1-3H3. The van der Waals surface area contributed by atoms with E-state index in [9.17, 15) is 0 Å². The van der Waals surface area contributed by atoms with Gasteiger partial charge in [0.15, 0.2) is 0 Å². The maximum absolute atomic E-state index is 9.04. The summed E-state index contributed by atoms with van der Waals surface area (Å²) in [5, 5.41) is 12.5. The molecule has 0 radical (unpaired) electrons. The summed E-state index contributed by atoms with van der Waals surface area (Å²) >= 11 is 3.56. The number of nitrogens with zero attached hydrogens (tertiary/aromatic N) is 1. The van der Waals surface area contributed by atoms with Crippen LogP contribution < -0.4 is 10.2 Å². The number of aliphatic hydroxyl groups excluding tert-OH is 1. The number of anilines is 1. The summed E-state index contributed by atoms with van der Waals surface area (Å²) in [7, 11) is 0. The van der Waals surface area contributed by atoms with E-state index in [1.54, 1.807) is 0 Å². The zero-order chi connectivity index (χ0) is 15.0. The molecule has 0 saturated heterocycles. The lowest BCUT2D eigenvalue weighted by Gasteiger charge is -2.26. The zero-order valence-corrected chi connectivity index (χ0v) is 14.4. The lowest BCUT2D eigenvalue weighted by molar-refractivity contribution is 0.289. The molecule has 0 saturated carbocycles. The molecule has 0 heterocycles. The minimum absolute atomic E-state index is 0.242. The molecule has 0 aliphatic carbocycles. The number of hydrogen-bond acceptors (Lipinski definition) is 3. The molecular formula is C16H27BrN2O. The molecule has 0 atom stereocenters. The van der Waals surface area contributed by atoms with Crippen molar-refractivity contribution < 1.29 is 5.11 Å². The molecule has 0 aromatic heterocycles. The number of aliphatic hydroxyl groups is 1. The number of nitrogens with one attached hydrogen (secondary N) is 1. The van der Waals surface area contributed by atoms with E-state index in [1.165, 1.54) is 11.3 Å². The Balaban J connectivity index is 2.82. The third-order valence-corrected chi connectivity index (χ3v) is 3.72. The van der Waals surface area contributed by atoms with E-state index in [2.05, 4.69) is 65.1 Å². The van der Waals surface area contributed by atoms with Gasteiger partial charge in [0.1, 0.15) is 0 Å². The summed E-state index contributed by atoms with van der Waals surface area (Å²) in [5.74, 6) is 0.658. The van der Waals surface area contributed by atoms with Crippen LogP contribution in [0.25, 0.3) is 0 Å². The summed E-state index contributed by atoms with van der Waals surface area (Å²) < 4.78 is 1.10. The summed E-state index contributed by atoms with van der Waals surface area (Å²) in [6.45, 7) is 10.6. The van der Waals surface area contributed by atoms with E-state index in [-0.39, 0.29) is 6.61 Å². The molecule has 0 bridgehead atoms. The summed E-state index contributed by atoms with van der Waals surface area (Å²) in [6, 6.07) is 6.44. The fourth-order valence-corrected chi connectivity index (χ4v) is 2.54. The van der Waals surface area contributed by atoms with Gasteiger partial charge in [0.05, 0.1) is 0 Å². The van der Waals surface area contributed by atoms with Gasteiger partial charge in [-0.25, -0.2) is 0 Å². The van der Waals surface area contributed by atoms with Gasteiger partial charge in [-0.05, 0) is 43.5 Å². The topological polar surface area (TPSA) is 35.5 Å². The van der Waals surface area contributed by atoms with Crippen LogP contribution in [0.5, 0.6) is 0 Å². The Hall–Kier alpha value is -0.580. The summed E-state index contributed by atoms with van der Waals surface area (Å²) in [5.41, 5.74) is 2.57. The Bertz CT molecular complexity index is 396. The van der Waals surface area contributed by atoms with Gasteiger partial charge < -0.3 is 15.3 Å². The maximum atomic E-state index is 9.04. The molecule has 0 fully saturated rings. The van der Waals surface area contributed by atoms with Crippen molar-refractivity contribution in [2.24, 2.45) is 5.92 Å². The molecule has 1 rings (SSSR count). The monoisotopic (exact) mass is 342 g/mol. The molecular weight excluding hydrogens is 316 g/mol. The molecule has 2 N–H and O–H groups in total. The predicted molar refractivity (Wildman–Crippen MR) is 90.3 cm³/mol. The summed E-state index contributed by atoms with van der Waals surface area (Å²) in [4.78, 5) is 2.33. The van der Waals surface area contributed by atoms with Crippen molar-refractivity contribution in [3.63, 3.8) is 0 Å². The second-order valence-corrected chi connectivity index (χ2v) is 6.37. The lowest BCUT2D eigenvalue weighted by Crippen LogP contribution is -2.27. The molecule has 1 aromatic rings. The molecule has 0 unspecified atom stereocenters. The van der Waals surface area contributed by atoms with Crippen molar-refractivity contribution in [3.8, 4) is 0 Å². The van der Waals surface area contributed by atoms with E-state index in [1.807, 2.05) is 0 Å². The first-order valence-corrected chi connectivity index (χ1v) is 8.22. The average Bonchev–Trinajstić information content (AvgIpc) is 2.41. The molecule has 0 aliphatic rings. The van der Waals surface area contributed by atoms with Crippen LogP contribution >= 0.6 is 15.9 Å². The average molecular weight is 343 g/mol. The van der Waals surface area contributed by atoms with Crippen LogP contribution in [0.3, 0.4) is 0 Å². The molecule has 4 heteroatoms. The van der Waals surface area contributed by atoms with Crippen molar-refractivity contribution in [2.45, 2.75) is 33.7 Å². The SMILES string of the molecule is CCN(CCCO)c1cc(Br)ccc1CNCC(C)C. The van der Waals surface area contributed by atoms with Crippen LogP contribution in [0.2, 0.25) is 0 Å². The van der Waals surface area contributed by atoms with Crippen LogP contribution in [0, 0.1) is 5.92 Å². The highest BCUT2D eigenvalue weighted by molar-refractivity contribution is 9.10. The van der Waals surface area contributed by atoms with Gasteiger partial charge in [-0.3, -0.25) is 0 Å². The van der Waals surface area contributed by atoms with E-state index in [0.29, 0.717) is 5.92 Å². The highest BCUT2D eigenvalue weighted by Crippen LogP contribution is 2.25. The maximum Gasteiger partial charge on any atom is 0.0447 e. The fourth-order valence-electron chi connectivity index (χ4n) is 2.19. The predicted octanol–water partition coefficient (Wildman–Crippen LogP) is 3.40. The van der Waals surface area contributed by atoms with Crippen molar-refractivity contribution in [2.75, 3.05) is 31.1 Å². The zero-order valence-electron chi connectivity index (χ0n) is 12.8. The smallest absolute Gasteiger partial charge is 0.0447 e. The van der Waals surface area contributed by atoms with Crippen LogP contribution in [0.4, 0.5) is 5.69 Å². The number of benzene rings is 1. The molecule has 0 spiro atoms. The number of hydrogen-bond donors (Lipinski definition) is 2. The summed E-state index contributed by atoms with van der Waals surface area (Å²) in [6.07, 6.45) is 0.805. The van der Waals surface area contributed by atoms with E-state index in [0.717, 1.165) is 37.1 Å². The molecule has 0 aliphatic heterocycles. The van der Waals surface area contributed by atoms with Gasteiger partial charge in [-0.15, -0.1) is 0 Å². The van der Waals surface area contributed by atoms with Crippen LogP contribution in [0.1, 0.15) is 32.8 Å². The minimum atomic E-state index is 0.242. The van der Waals surface area contributed by atoms with Gasteiger partial charge in [0.2, 0.25) is 0 Å². The number of rotatable bonds is 9. The Kier molecular flexibility index (Phi) is 8.19. The quantitative estimate of drug-likeness (QED) is 0.721. The van der Waals surface area contributed by atoms with E-state index < -0.39 is 0 Å². The van der Waals surface area contributed by atoms with Crippen LogP contribution in [0.15, 0.2) is 22.7 Å². The fraction of sp³-hybridized carbons (Fsp3) is 0.625. The highest BCUT2D eigenvalue weighted by atomic mass is 79.9. The van der Waals surface area contributed by atoms with Gasteiger partial charge in [-0.2, -0.15) is 0 Å². The van der Waals surface area contributed by atoms with Crippen LogP contribution in [-0.4, -0.2) is 31.3 Å². The second-order valence-electron chi connectivity index (χ2n) is 5.45. The highest BCUT2D eigenvalue weighted by Gasteiger charge is 2.10. The first-order chi connectivity index (χ1) is 9.58. The first-order valence-electron chi connectivity index (χ1n) is 7.43. The van der Waals surface area contributed by atoms with Crippen molar-refractivity contribution >= 4 is 21.6 Å². The third kappa shape index (κ3) is 5.81. The van der Waals surface area contributed by atoms with Crippen molar-refractivity contribution in [1.82, 2.24) is 5.32 Å². The van der Waals surface area contributed by atoms with Gasteiger partial charge >= 0.3 is 0 Å². The Labute approximate surface area is 131 Å². The largest absolute Gasteiger partial charge is 0.396 e. The normalized spacial score (nSPS) is 11.1. The Morgan fingerprint density at radius 1 is 1.35 bits per heavy atom. The third-order valence-electron chi connectivity index (χ3n) is 3.22. The van der Waals surface area contributed by atoms with Gasteiger partial charge in [0, 0.05) is 36.4 Å². The molecule has 114 valence electrons. The van der Waals surface area contributed by atoms with Crippen molar-refractivity contribution in [1.29, 1.82) is 0 Å². The second kappa shape index (κ2) is 9.37. The van der Waals surface area contributed by atoms with Gasteiger partial charge in [0.25, 0.3) is 0 Å². The van der Waals surface area contributed by atoms with E-state index >= 15 is 0 Å². The van der Waals surface area contributed by atoms with Gasteiger partial charge in [-0.1, -0.05) is 35.8 Å². The molecule has 1 aromatic carbocycles. The minimum Gasteiger partial charge on any atom is -0.396 e. The van der Waals surface area contributed by atoms with Crippen LogP contribution in [-0.2, 0) is 6.54 Å². The molecule has 20 heavy (non-hydrogen) atoms. The number of halogens is 1. The first kappa shape index (κ1) is 17.5.